The van der Waals surface area contributed by atoms with E-state index in [1.165, 1.54) is 11.8 Å². The zero-order valence-electron chi connectivity index (χ0n) is 16.4. The van der Waals surface area contributed by atoms with Crippen LogP contribution in [0, 0.1) is 6.92 Å². The smallest absolute Gasteiger partial charge is 0.236 e. The van der Waals surface area contributed by atoms with E-state index in [1.807, 2.05) is 41.0 Å². The van der Waals surface area contributed by atoms with Gasteiger partial charge in [-0.2, -0.15) is 0 Å². The largest absolute Gasteiger partial charge is 0.360 e. The molecule has 0 aliphatic rings. The van der Waals surface area contributed by atoms with Gasteiger partial charge in [-0.3, -0.25) is 9.36 Å². The van der Waals surface area contributed by atoms with Gasteiger partial charge < -0.3 is 9.84 Å². The van der Waals surface area contributed by atoms with Crippen LogP contribution < -0.4 is 5.32 Å². The molecule has 7 nitrogen and oxygen atoms in total. The van der Waals surface area contributed by atoms with Crippen LogP contribution in [0.5, 0.6) is 0 Å². The van der Waals surface area contributed by atoms with Crippen molar-refractivity contribution in [2.45, 2.75) is 18.6 Å². The summed E-state index contributed by atoms with van der Waals surface area (Å²) in [5.41, 5.74) is 1.78. The molecule has 2 heterocycles. The number of thioether (sulfide) groups is 1. The van der Waals surface area contributed by atoms with Crippen LogP contribution in [0.2, 0.25) is 10.0 Å². The lowest BCUT2D eigenvalue weighted by Gasteiger charge is -2.11. The first kappa shape index (κ1) is 21.4. The molecule has 0 bridgehead atoms. The van der Waals surface area contributed by atoms with Crippen molar-refractivity contribution in [1.82, 2.24) is 19.9 Å². The summed E-state index contributed by atoms with van der Waals surface area (Å²) in [4.78, 5) is 12.3. The highest BCUT2D eigenvalue weighted by Gasteiger charge is 2.18. The number of nitrogens with zero attached hydrogens (tertiary/aromatic N) is 4. The Labute approximate surface area is 192 Å². The molecule has 4 rings (SSSR count). The number of hydrogen-bond donors (Lipinski definition) is 1. The summed E-state index contributed by atoms with van der Waals surface area (Å²) < 4.78 is 6.90. The van der Waals surface area contributed by atoms with Crippen molar-refractivity contribution in [3.8, 4) is 11.4 Å². The minimum absolute atomic E-state index is 0.132. The molecule has 158 valence electrons. The van der Waals surface area contributed by atoms with E-state index in [4.69, 9.17) is 27.7 Å². The number of amides is 1. The Hall–Kier alpha value is -2.81. The van der Waals surface area contributed by atoms with E-state index in [2.05, 4.69) is 20.7 Å². The maximum atomic E-state index is 12.3. The van der Waals surface area contributed by atoms with Crippen molar-refractivity contribution in [2.75, 3.05) is 11.1 Å². The fraction of sp³-hybridized carbons (Fsp3) is 0.143. The molecule has 0 radical (unpaired) electrons. The molecule has 0 saturated heterocycles. The van der Waals surface area contributed by atoms with E-state index in [0.29, 0.717) is 44.7 Å². The lowest BCUT2D eigenvalue weighted by Crippen LogP contribution is -2.15. The SMILES string of the molecule is Cc1cc(NC(=O)CSc2nnc(-c3ccc(Cl)cc3Cl)n2Cc2ccccc2)no1. The predicted octanol–water partition coefficient (Wildman–Crippen LogP) is 5.33. The van der Waals surface area contributed by atoms with Gasteiger partial charge in [0.05, 0.1) is 17.3 Å². The van der Waals surface area contributed by atoms with Crippen molar-refractivity contribution in [1.29, 1.82) is 0 Å². The molecule has 10 heteroatoms. The van der Waals surface area contributed by atoms with Gasteiger partial charge in [0.1, 0.15) is 5.76 Å². The number of aryl methyl sites for hydroxylation is 1. The van der Waals surface area contributed by atoms with Gasteiger partial charge in [-0.05, 0) is 30.7 Å². The molecule has 0 aliphatic heterocycles. The van der Waals surface area contributed by atoms with Crippen molar-refractivity contribution < 1.29 is 9.32 Å². The Balaban J connectivity index is 1.59. The molecule has 0 fully saturated rings. The number of aromatic nitrogens is 4. The van der Waals surface area contributed by atoms with E-state index in [9.17, 15) is 4.79 Å². The summed E-state index contributed by atoms with van der Waals surface area (Å²) in [6.07, 6.45) is 0. The molecular formula is C21H17Cl2N5O2S. The average Bonchev–Trinajstić information content (AvgIpc) is 3.33. The van der Waals surface area contributed by atoms with Crippen LogP contribution in [0.1, 0.15) is 11.3 Å². The normalized spacial score (nSPS) is 10.9. The molecule has 31 heavy (non-hydrogen) atoms. The lowest BCUT2D eigenvalue weighted by molar-refractivity contribution is -0.113. The minimum atomic E-state index is -0.223. The number of halogens is 2. The summed E-state index contributed by atoms with van der Waals surface area (Å²) in [7, 11) is 0. The molecule has 0 unspecified atom stereocenters. The van der Waals surface area contributed by atoms with Gasteiger partial charge in [0, 0.05) is 16.7 Å². The number of rotatable bonds is 7. The van der Waals surface area contributed by atoms with Gasteiger partial charge in [0.2, 0.25) is 5.91 Å². The van der Waals surface area contributed by atoms with Crippen LogP contribution in [-0.4, -0.2) is 31.6 Å². The van der Waals surface area contributed by atoms with E-state index >= 15 is 0 Å². The van der Waals surface area contributed by atoms with E-state index in [0.717, 1.165) is 5.56 Å². The van der Waals surface area contributed by atoms with Crippen molar-refractivity contribution in [2.24, 2.45) is 0 Å². The lowest BCUT2D eigenvalue weighted by atomic mass is 10.2. The maximum absolute atomic E-state index is 12.3. The first-order valence-electron chi connectivity index (χ1n) is 9.28. The van der Waals surface area contributed by atoms with Crippen LogP contribution in [-0.2, 0) is 11.3 Å². The Morgan fingerprint density at radius 3 is 2.65 bits per heavy atom. The van der Waals surface area contributed by atoms with Crippen molar-refractivity contribution >= 4 is 46.7 Å². The van der Waals surface area contributed by atoms with E-state index < -0.39 is 0 Å². The van der Waals surface area contributed by atoms with Crippen LogP contribution in [0.3, 0.4) is 0 Å². The number of hydrogen-bond acceptors (Lipinski definition) is 6. The number of carbonyl (C=O) groups is 1. The summed E-state index contributed by atoms with van der Waals surface area (Å²) >= 11 is 13.7. The molecule has 0 saturated carbocycles. The summed E-state index contributed by atoms with van der Waals surface area (Å²) in [6.45, 7) is 2.28. The second-order valence-electron chi connectivity index (χ2n) is 6.66. The van der Waals surface area contributed by atoms with Crippen LogP contribution in [0.4, 0.5) is 5.82 Å². The zero-order valence-corrected chi connectivity index (χ0v) is 18.7. The predicted molar refractivity (Wildman–Crippen MR) is 122 cm³/mol. The van der Waals surface area contributed by atoms with Crippen molar-refractivity contribution in [3.05, 3.63) is 76.0 Å². The highest BCUT2D eigenvalue weighted by Crippen LogP contribution is 2.32. The monoisotopic (exact) mass is 473 g/mol. The Bertz CT molecular complexity index is 1210. The molecule has 0 spiro atoms. The van der Waals surface area contributed by atoms with Gasteiger partial charge in [0.15, 0.2) is 16.8 Å². The summed E-state index contributed by atoms with van der Waals surface area (Å²) in [5, 5.41) is 16.7. The van der Waals surface area contributed by atoms with Crippen LogP contribution in [0.15, 0.2) is 64.3 Å². The fourth-order valence-corrected chi connectivity index (χ4v) is 4.14. The zero-order chi connectivity index (χ0) is 21.8. The Morgan fingerprint density at radius 2 is 1.94 bits per heavy atom. The number of anilines is 1. The highest BCUT2D eigenvalue weighted by molar-refractivity contribution is 7.99. The molecule has 1 N–H and O–H groups in total. The number of nitrogens with one attached hydrogen (secondary N) is 1. The van der Waals surface area contributed by atoms with Gasteiger partial charge in [-0.25, -0.2) is 0 Å². The van der Waals surface area contributed by atoms with Crippen LogP contribution >= 0.6 is 35.0 Å². The van der Waals surface area contributed by atoms with Gasteiger partial charge in [0.25, 0.3) is 0 Å². The Morgan fingerprint density at radius 1 is 1.13 bits per heavy atom. The minimum Gasteiger partial charge on any atom is -0.360 e. The van der Waals surface area contributed by atoms with Crippen LogP contribution in [0.25, 0.3) is 11.4 Å². The number of carbonyl (C=O) groups excluding carboxylic acids is 1. The third kappa shape index (κ3) is 5.28. The van der Waals surface area contributed by atoms with Gasteiger partial charge >= 0.3 is 0 Å². The summed E-state index contributed by atoms with van der Waals surface area (Å²) in [6, 6.07) is 16.8. The first-order valence-corrected chi connectivity index (χ1v) is 11.0. The van der Waals surface area contributed by atoms with Gasteiger partial charge in [-0.1, -0.05) is 70.5 Å². The maximum Gasteiger partial charge on any atom is 0.236 e. The Kier molecular flexibility index (Phi) is 6.60. The van der Waals surface area contributed by atoms with E-state index in [-0.39, 0.29) is 11.7 Å². The average molecular weight is 474 g/mol. The highest BCUT2D eigenvalue weighted by atomic mass is 35.5. The molecule has 4 aromatic rings. The first-order chi connectivity index (χ1) is 15.0. The van der Waals surface area contributed by atoms with Gasteiger partial charge in [-0.15, -0.1) is 10.2 Å². The third-order valence-corrected chi connectivity index (χ3v) is 5.81. The molecular weight excluding hydrogens is 457 g/mol. The molecule has 2 aromatic carbocycles. The standard InChI is InChI=1S/C21H17Cl2N5O2S/c1-13-9-18(27-30-13)24-19(29)12-31-21-26-25-20(16-8-7-15(22)10-17(16)23)28(21)11-14-5-3-2-4-6-14/h2-10H,11-12H2,1H3,(H,24,27,29). The molecule has 0 aliphatic carbocycles. The number of benzene rings is 2. The fourth-order valence-electron chi connectivity index (χ4n) is 2.91. The molecule has 0 atom stereocenters. The third-order valence-electron chi connectivity index (χ3n) is 4.30. The quantitative estimate of drug-likeness (QED) is 0.365. The second-order valence-corrected chi connectivity index (χ2v) is 8.45. The molecule has 1 amide bonds. The molecule has 2 aromatic heterocycles. The topological polar surface area (TPSA) is 85.8 Å². The second kappa shape index (κ2) is 9.55. The van der Waals surface area contributed by atoms with E-state index in [1.54, 1.807) is 25.1 Å². The van der Waals surface area contributed by atoms with Crippen molar-refractivity contribution in [3.63, 3.8) is 0 Å². The summed E-state index contributed by atoms with van der Waals surface area (Å²) in [5.74, 6) is 1.50.